The zero-order chi connectivity index (χ0) is 13.2. The highest BCUT2D eigenvalue weighted by Crippen LogP contribution is 2.21. The summed E-state index contributed by atoms with van der Waals surface area (Å²) in [5.41, 5.74) is 1.29. The first kappa shape index (κ1) is 15.3. The second kappa shape index (κ2) is 9.25. The summed E-state index contributed by atoms with van der Waals surface area (Å²) in [6.45, 7) is 3.35. The minimum atomic E-state index is 0.279. The molecule has 3 nitrogen and oxygen atoms in total. The largest absolute Gasteiger partial charge is 0.497 e. The summed E-state index contributed by atoms with van der Waals surface area (Å²) >= 11 is 1.88. The fourth-order valence-corrected chi connectivity index (χ4v) is 2.77. The second-order valence-corrected chi connectivity index (χ2v) is 5.19. The molecule has 1 rings (SSSR count). The van der Waals surface area contributed by atoms with Gasteiger partial charge in [-0.05, 0) is 36.4 Å². The Morgan fingerprint density at radius 2 is 2.06 bits per heavy atom. The van der Waals surface area contributed by atoms with E-state index in [2.05, 4.69) is 24.4 Å². The monoisotopic (exact) mass is 269 g/mol. The average Bonchev–Trinajstić information content (AvgIpc) is 2.42. The van der Waals surface area contributed by atoms with Crippen molar-refractivity contribution in [3.63, 3.8) is 0 Å². The molecule has 0 saturated carbocycles. The van der Waals surface area contributed by atoms with E-state index in [9.17, 15) is 0 Å². The molecule has 0 radical (unpaired) electrons. The van der Waals surface area contributed by atoms with Crippen LogP contribution in [0.5, 0.6) is 5.75 Å². The van der Waals surface area contributed by atoms with Crippen molar-refractivity contribution >= 4 is 11.8 Å². The first-order valence-electron chi connectivity index (χ1n) is 6.37. The molecular formula is C14H23NO2S. The lowest BCUT2D eigenvalue weighted by atomic mass is 10.1. The van der Waals surface area contributed by atoms with Gasteiger partial charge in [0.15, 0.2) is 0 Å². The summed E-state index contributed by atoms with van der Waals surface area (Å²) in [6, 6.07) is 8.58. The molecule has 0 aromatic heterocycles. The molecule has 1 aromatic carbocycles. The van der Waals surface area contributed by atoms with Crippen LogP contribution in [0.2, 0.25) is 0 Å². The van der Waals surface area contributed by atoms with Gasteiger partial charge in [-0.2, -0.15) is 11.8 Å². The molecule has 1 aromatic rings. The number of hydrogen-bond donors (Lipinski definition) is 2. The molecule has 0 heterocycles. The number of hydrogen-bond acceptors (Lipinski definition) is 4. The maximum absolute atomic E-state index is 8.77. The van der Waals surface area contributed by atoms with Crippen LogP contribution in [0, 0.1) is 0 Å². The van der Waals surface area contributed by atoms with Crippen LogP contribution in [0.3, 0.4) is 0 Å². The standard InChI is InChI=1S/C14H23NO2S/c1-3-15-14(11-18-10-4-9-16)12-5-7-13(17-2)8-6-12/h5-8,14-16H,3-4,9-11H2,1-2H3. The minimum Gasteiger partial charge on any atom is -0.497 e. The zero-order valence-electron chi connectivity index (χ0n) is 11.2. The Balaban J connectivity index is 2.53. The highest BCUT2D eigenvalue weighted by atomic mass is 32.2. The average molecular weight is 269 g/mol. The first-order valence-corrected chi connectivity index (χ1v) is 7.53. The van der Waals surface area contributed by atoms with Crippen molar-refractivity contribution < 1.29 is 9.84 Å². The normalized spacial score (nSPS) is 12.4. The van der Waals surface area contributed by atoms with Crippen molar-refractivity contribution in [2.45, 2.75) is 19.4 Å². The Labute approximate surface area is 114 Å². The van der Waals surface area contributed by atoms with E-state index in [-0.39, 0.29) is 6.61 Å². The number of thioether (sulfide) groups is 1. The Bertz CT molecular complexity index is 316. The fourth-order valence-electron chi connectivity index (χ4n) is 1.72. The van der Waals surface area contributed by atoms with Crippen molar-refractivity contribution in [2.24, 2.45) is 0 Å². The SMILES string of the molecule is CCNC(CSCCCO)c1ccc(OC)cc1. The predicted octanol–water partition coefficient (Wildman–Crippen LogP) is 2.46. The Morgan fingerprint density at radius 3 is 2.61 bits per heavy atom. The van der Waals surface area contributed by atoms with Crippen LogP contribution in [0.15, 0.2) is 24.3 Å². The number of ether oxygens (including phenoxy) is 1. The van der Waals surface area contributed by atoms with E-state index < -0.39 is 0 Å². The topological polar surface area (TPSA) is 41.5 Å². The predicted molar refractivity (Wildman–Crippen MR) is 78.4 cm³/mol. The van der Waals surface area contributed by atoms with E-state index in [0.717, 1.165) is 30.2 Å². The van der Waals surface area contributed by atoms with Gasteiger partial charge in [-0.3, -0.25) is 0 Å². The lowest BCUT2D eigenvalue weighted by molar-refractivity contribution is 0.296. The minimum absolute atomic E-state index is 0.279. The van der Waals surface area contributed by atoms with Crippen molar-refractivity contribution in [3.8, 4) is 5.75 Å². The fraction of sp³-hybridized carbons (Fsp3) is 0.571. The van der Waals surface area contributed by atoms with E-state index in [1.165, 1.54) is 5.56 Å². The van der Waals surface area contributed by atoms with Crippen LogP contribution in [-0.4, -0.2) is 36.9 Å². The van der Waals surface area contributed by atoms with Crippen LogP contribution in [0.4, 0.5) is 0 Å². The van der Waals surface area contributed by atoms with Gasteiger partial charge in [0.2, 0.25) is 0 Å². The summed E-state index contributed by atoms with van der Waals surface area (Å²) in [7, 11) is 1.68. The maximum atomic E-state index is 8.77. The maximum Gasteiger partial charge on any atom is 0.118 e. The van der Waals surface area contributed by atoms with Crippen LogP contribution < -0.4 is 10.1 Å². The molecule has 0 fully saturated rings. The van der Waals surface area contributed by atoms with Crippen LogP contribution in [0.1, 0.15) is 24.9 Å². The molecular weight excluding hydrogens is 246 g/mol. The third kappa shape index (κ3) is 5.29. The third-order valence-corrected chi connectivity index (χ3v) is 3.85. The molecule has 4 heteroatoms. The van der Waals surface area contributed by atoms with Crippen LogP contribution in [0.25, 0.3) is 0 Å². The van der Waals surface area contributed by atoms with Gasteiger partial charge in [-0.1, -0.05) is 19.1 Å². The molecule has 102 valence electrons. The molecule has 1 unspecified atom stereocenters. The number of rotatable bonds is 9. The second-order valence-electron chi connectivity index (χ2n) is 4.04. The van der Waals surface area contributed by atoms with Gasteiger partial charge in [0, 0.05) is 18.4 Å². The summed E-state index contributed by atoms with van der Waals surface area (Å²) in [5, 5.41) is 12.3. The van der Waals surface area contributed by atoms with Crippen molar-refractivity contribution in [2.75, 3.05) is 31.8 Å². The van der Waals surface area contributed by atoms with Crippen LogP contribution >= 0.6 is 11.8 Å². The molecule has 0 aliphatic rings. The number of benzene rings is 1. The van der Waals surface area contributed by atoms with E-state index in [1.807, 2.05) is 23.9 Å². The Hall–Kier alpha value is -0.710. The molecule has 2 N–H and O–H groups in total. The van der Waals surface area contributed by atoms with Crippen molar-refractivity contribution in [1.82, 2.24) is 5.32 Å². The lowest BCUT2D eigenvalue weighted by Crippen LogP contribution is -2.23. The first-order chi connectivity index (χ1) is 8.81. The number of aliphatic hydroxyl groups excluding tert-OH is 1. The highest BCUT2D eigenvalue weighted by Gasteiger charge is 2.10. The molecule has 0 amide bonds. The molecule has 0 bridgehead atoms. The molecule has 1 atom stereocenters. The summed E-state index contributed by atoms with van der Waals surface area (Å²) < 4.78 is 5.17. The van der Waals surface area contributed by atoms with Gasteiger partial charge in [0.25, 0.3) is 0 Å². The Morgan fingerprint density at radius 1 is 1.33 bits per heavy atom. The van der Waals surface area contributed by atoms with Gasteiger partial charge in [-0.25, -0.2) is 0 Å². The van der Waals surface area contributed by atoms with Gasteiger partial charge in [0.05, 0.1) is 7.11 Å². The third-order valence-electron chi connectivity index (χ3n) is 2.70. The van der Waals surface area contributed by atoms with E-state index in [4.69, 9.17) is 9.84 Å². The van der Waals surface area contributed by atoms with Crippen molar-refractivity contribution in [3.05, 3.63) is 29.8 Å². The van der Waals surface area contributed by atoms with Gasteiger partial charge in [0.1, 0.15) is 5.75 Å². The summed E-state index contributed by atoms with van der Waals surface area (Å²) in [6.07, 6.45) is 0.867. The molecule has 0 saturated heterocycles. The van der Waals surface area contributed by atoms with E-state index >= 15 is 0 Å². The smallest absolute Gasteiger partial charge is 0.118 e. The summed E-state index contributed by atoms with van der Waals surface area (Å²) in [4.78, 5) is 0. The number of nitrogens with one attached hydrogen (secondary N) is 1. The molecule has 0 spiro atoms. The molecule has 18 heavy (non-hydrogen) atoms. The molecule has 0 aliphatic carbocycles. The lowest BCUT2D eigenvalue weighted by Gasteiger charge is -2.18. The van der Waals surface area contributed by atoms with Gasteiger partial charge < -0.3 is 15.2 Å². The quantitative estimate of drug-likeness (QED) is 0.676. The van der Waals surface area contributed by atoms with Gasteiger partial charge in [-0.15, -0.1) is 0 Å². The van der Waals surface area contributed by atoms with Crippen LogP contribution in [-0.2, 0) is 0 Å². The van der Waals surface area contributed by atoms with E-state index in [0.29, 0.717) is 6.04 Å². The Kier molecular flexibility index (Phi) is 7.89. The summed E-state index contributed by atoms with van der Waals surface area (Å²) in [5.74, 6) is 2.93. The number of methoxy groups -OCH3 is 1. The van der Waals surface area contributed by atoms with E-state index in [1.54, 1.807) is 7.11 Å². The highest BCUT2D eigenvalue weighted by molar-refractivity contribution is 7.99. The van der Waals surface area contributed by atoms with Gasteiger partial charge >= 0.3 is 0 Å². The molecule has 0 aliphatic heterocycles. The number of aliphatic hydroxyl groups is 1. The van der Waals surface area contributed by atoms with Crippen molar-refractivity contribution in [1.29, 1.82) is 0 Å². The zero-order valence-corrected chi connectivity index (χ0v) is 12.0.